The second-order valence-corrected chi connectivity index (χ2v) is 7.98. The van der Waals surface area contributed by atoms with Crippen molar-refractivity contribution >= 4 is 38.2 Å². The number of pyridine rings is 1. The number of amides is 1. The van der Waals surface area contributed by atoms with Gasteiger partial charge in [0.05, 0.1) is 24.1 Å². The minimum absolute atomic E-state index is 0.0791. The fourth-order valence-electron chi connectivity index (χ4n) is 2.68. The van der Waals surface area contributed by atoms with Gasteiger partial charge in [-0.3, -0.25) is 14.3 Å². The molecular formula is C19H19N3O5S. The van der Waals surface area contributed by atoms with Gasteiger partial charge < -0.3 is 15.0 Å². The molecule has 0 saturated carbocycles. The van der Waals surface area contributed by atoms with Crippen LogP contribution in [0.3, 0.4) is 0 Å². The average Bonchev–Trinajstić information content (AvgIpc) is 2.68. The van der Waals surface area contributed by atoms with Crippen molar-refractivity contribution in [3.63, 3.8) is 0 Å². The number of anilines is 2. The van der Waals surface area contributed by atoms with Crippen molar-refractivity contribution in [3.05, 3.63) is 64.4 Å². The molecule has 0 fully saturated rings. The summed E-state index contributed by atoms with van der Waals surface area (Å²) in [6.45, 7) is 1.52. The highest BCUT2D eigenvalue weighted by atomic mass is 32.2. The van der Waals surface area contributed by atoms with E-state index in [1.54, 1.807) is 30.3 Å². The summed E-state index contributed by atoms with van der Waals surface area (Å²) >= 11 is 0. The van der Waals surface area contributed by atoms with Gasteiger partial charge in [-0.2, -0.15) is 0 Å². The molecule has 0 atom stereocenters. The van der Waals surface area contributed by atoms with Crippen LogP contribution in [0, 0.1) is 0 Å². The maximum absolute atomic E-state index is 12.7. The van der Waals surface area contributed by atoms with Gasteiger partial charge in [-0.05, 0) is 25.1 Å². The molecule has 28 heavy (non-hydrogen) atoms. The van der Waals surface area contributed by atoms with Gasteiger partial charge in [0.1, 0.15) is 5.75 Å². The number of hydrogen-bond donors (Lipinski definition) is 3. The largest absolute Gasteiger partial charge is 0.494 e. The smallest absolute Gasteiger partial charge is 0.256 e. The van der Waals surface area contributed by atoms with Gasteiger partial charge in [-0.15, -0.1) is 0 Å². The summed E-state index contributed by atoms with van der Waals surface area (Å²) in [6, 6.07) is 12.8. The van der Waals surface area contributed by atoms with Gasteiger partial charge in [0.15, 0.2) is 0 Å². The van der Waals surface area contributed by atoms with Crippen LogP contribution in [0.5, 0.6) is 5.75 Å². The summed E-state index contributed by atoms with van der Waals surface area (Å²) in [5.41, 5.74) is 1.07. The van der Waals surface area contributed by atoms with Crippen molar-refractivity contribution in [2.24, 2.45) is 0 Å². The van der Waals surface area contributed by atoms with E-state index in [1.807, 2.05) is 0 Å². The van der Waals surface area contributed by atoms with E-state index in [0.29, 0.717) is 16.6 Å². The highest BCUT2D eigenvalue weighted by molar-refractivity contribution is 7.92. The first kappa shape index (κ1) is 19.4. The molecule has 9 heteroatoms. The number of fused-ring (bicyclic) bond motifs is 1. The molecule has 3 rings (SSSR count). The standard InChI is InChI=1S/C19H19N3O5S/c1-3-28(25,26)22-16-9-8-12(10-17(16)27-2)20-19(24)14-11-18(23)21-15-7-5-4-6-13(14)15/h4-11,22H,3H2,1-2H3,(H,20,24)(H,21,23). The van der Waals surface area contributed by atoms with E-state index >= 15 is 0 Å². The van der Waals surface area contributed by atoms with E-state index in [2.05, 4.69) is 15.0 Å². The Balaban J connectivity index is 1.92. The van der Waals surface area contributed by atoms with Gasteiger partial charge in [0.25, 0.3) is 5.91 Å². The number of hydrogen-bond acceptors (Lipinski definition) is 5. The number of nitrogens with one attached hydrogen (secondary N) is 3. The van der Waals surface area contributed by atoms with Crippen LogP contribution in [0.4, 0.5) is 11.4 Å². The van der Waals surface area contributed by atoms with Crippen LogP contribution >= 0.6 is 0 Å². The summed E-state index contributed by atoms with van der Waals surface area (Å²) in [4.78, 5) is 27.3. The number of sulfonamides is 1. The molecule has 0 radical (unpaired) electrons. The molecule has 0 spiro atoms. The highest BCUT2D eigenvalue weighted by Gasteiger charge is 2.15. The number of ether oxygens (including phenoxy) is 1. The van der Waals surface area contributed by atoms with E-state index < -0.39 is 15.9 Å². The Bertz CT molecular complexity index is 1200. The molecule has 0 aliphatic rings. The maximum Gasteiger partial charge on any atom is 0.256 e. The fourth-order valence-corrected chi connectivity index (χ4v) is 3.33. The van der Waals surface area contributed by atoms with Crippen molar-refractivity contribution in [1.82, 2.24) is 4.98 Å². The van der Waals surface area contributed by atoms with Crippen LogP contribution in [0.2, 0.25) is 0 Å². The summed E-state index contributed by atoms with van der Waals surface area (Å²) in [6.07, 6.45) is 0. The van der Waals surface area contributed by atoms with E-state index in [4.69, 9.17) is 4.74 Å². The first-order valence-corrected chi connectivity index (χ1v) is 10.1. The number of benzene rings is 2. The number of aromatic nitrogens is 1. The number of para-hydroxylation sites is 1. The maximum atomic E-state index is 12.7. The predicted octanol–water partition coefficient (Wildman–Crippen LogP) is 2.55. The van der Waals surface area contributed by atoms with Crippen molar-refractivity contribution in [2.75, 3.05) is 22.9 Å². The Morgan fingerprint density at radius 2 is 1.89 bits per heavy atom. The first-order chi connectivity index (χ1) is 13.3. The molecule has 1 amide bonds. The molecule has 146 valence electrons. The number of rotatable bonds is 6. The molecule has 3 N–H and O–H groups in total. The molecule has 2 aromatic carbocycles. The fraction of sp³-hybridized carbons (Fsp3) is 0.158. The third-order valence-corrected chi connectivity index (χ3v) is 5.39. The summed E-state index contributed by atoms with van der Waals surface area (Å²) in [5, 5.41) is 3.32. The van der Waals surface area contributed by atoms with E-state index in [1.165, 1.54) is 32.2 Å². The van der Waals surface area contributed by atoms with Gasteiger partial charge >= 0.3 is 0 Å². The van der Waals surface area contributed by atoms with Crippen molar-refractivity contribution < 1.29 is 17.9 Å². The Hall–Kier alpha value is -3.33. The second kappa shape index (κ2) is 7.73. The zero-order valence-corrected chi connectivity index (χ0v) is 16.1. The molecule has 1 aromatic heterocycles. The lowest BCUT2D eigenvalue weighted by Crippen LogP contribution is -2.17. The number of aromatic amines is 1. The highest BCUT2D eigenvalue weighted by Crippen LogP contribution is 2.29. The zero-order chi connectivity index (χ0) is 20.3. The molecule has 0 unspecified atom stereocenters. The van der Waals surface area contributed by atoms with Crippen LogP contribution in [0.25, 0.3) is 10.9 Å². The number of carbonyl (C=O) groups is 1. The third kappa shape index (κ3) is 4.15. The van der Waals surface area contributed by atoms with Gasteiger partial charge in [0, 0.05) is 28.7 Å². The van der Waals surface area contributed by atoms with Gasteiger partial charge in [-0.25, -0.2) is 8.42 Å². The molecular weight excluding hydrogens is 382 g/mol. The first-order valence-electron chi connectivity index (χ1n) is 8.45. The third-order valence-electron chi connectivity index (χ3n) is 4.10. The Kier molecular flexibility index (Phi) is 5.36. The Morgan fingerprint density at radius 1 is 1.14 bits per heavy atom. The Labute approximate surface area is 161 Å². The van der Waals surface area contributed by atoms with E-state index in [0.717, 1.165) is 0 Å². The second-order valence-electron chi connectivity index (χ2n) is 5.97. The molecule has 0 aliphatic heterocycles. The monoisotopic (exact) mass is 401 g/mol. The molecule has 1 heterocycles. The van der Waals surface area contributed by atoms with E-state index in [-0.39, 0.29) is 28.3 Å². The summed E-state index contributed by atoms with van der Waals surface area (Å²) in [7, 11) is -2.07. The molecule has 3 aromatic rings. The minimum atomic E-state index is -3.47. The van der Waals surface area contributed by atoms with Crippen LogP contribution in [-0.2, 0) is 10.0 Å². The van der Waals surface area contributed by atoms with Crippen LogP contribution in [0.1, 0.15) is 17.3 Å². The minimum Gasteiger partial charge on any atom is -0.494 e. The average molecular weight is 401 g/mol. The van der Waals surface area contributed by atoms with Crippen molar-refractivity contribution in [1.29, 1.82) is 0 Å². The number of methoxy groups -OCH3 is 1. The van der Waals surface area contributed by atoms with E-state index in [9.17, 15) is 18.0 Å². The number of carbonyl (C=O) groups excluding carboxylic acids is 1. The zero-order valence-electron chi connectivity index (χ0n) is 15.3. The molecule has 0 saturated heterocycles. The number of H-pyrrole nitrogens is 1. The normalized spacial score (nSPS) is 11.2. The molecule has 8 nitrogen and oxygen atoms in total. The van der Waals surface area contributed by atoms with Crippen molar-refractivity contribution in [2.45, 2.75) is 6.92 Å². The van der Waals surface area contributed by atoms with Crippen molar-refractivity contribution in [3.8, 4) is 5.75 Å². The Morgan fingerprint density at radius 3 is 2.61 bits per heavy atom. The molecule has 0 bridgehead atoms. The van der Waals surface area contributed by atoms with Gasteiger partial charge in [0.2, 0.25) is 15.6 Å². The summed E-state index contributed by atoms with van der Waals surface area (Å²) < 4.78 is 31.2. The lowest BCUT2D eigenvalue weighted by Gasteiger charge is -2.13. The molecule has 0 aliphatic carbocycles. The lowest BCUT2D eigenvalue weighted by molar-refractivity contribution is 0.102. The predicted molar refractivity (Wildman–Crippen MR) is 109 cm³/mol. The summed E-state index contributed by atoms with van der Waals surface area (Å²) in [5.74, 6) is -0.290. The topological polar surface area (TPSA) is 117 Å². The SMILES string of the molecule is CCS(=O)(=O)Nc1ccc(NC(=O)c2cc(=O)[nH]c3ccccc23)cc1OC. The van der Waals surface area contributed by atoms with Gasteiger partial charge in [-0.1, -0.05) is 18.2 Å². The lowest BCUT2D eigenvalue weighted by atomic mass is 10.1. The van der Waals surface area contributed by atoms with Crippen LogP contribution in [0.15, 0.2) is 53.3 Å². The quantitative estimate of drug-likeness (QED) is 0.587. The van der Waals surface area contributed by atoms with Crippen LogP contribution < -0.4 is 20.3 Å². The van der Waals surface area contributed by atoms with Crippen LogP contribution in [-0.4, -0.2) is 32.2 Å².